The largest absolute Gasteiger partial charge is 0.456 e. The molecule has 0 atom stereocenters. The van der Waals surface area contributed by atoms with Gasteiger partial charge in [-0.15, -0.1) is 0 Å². The van der Waals surface area contributed by atoms with Crippen molar-refractivity contribution < 1.29 is 4.42 Å². The van der Waals surface area contributed by atoms with Gasteiger partial charge in [-0.3, -0.25) is 4.57 Å². The first kappa shape index (κ1) is 33.9. The molecule has 0 saturated heterocycles. The number of para-hydroxylation sites is 2. The Balaban J connectivity index is 1.27. The molecule has 9 aromatic carbocycles. The van der Waals surface area contributed by atoms with E-state index in [1.807, 2.05) is 30.4 Å². The number of aromatic nitrogens is 4. The third kappa shape index (κ3) is 5.03. The van der Waals surface area contributed by atoms with Gasteiger partial charge in [0.2, 0.25) is 5.95 Å². The van der Waals surface area contributed by atoms with Crippen molar-refractivity contribution in [1.82, 2.24) is 19.5 Å². The zero-order valence-corrected chi connectivity index (χ0v) is 32.4. The Hall–Kier alpha value is -8.15. The SMILES string of the molecule is C=Cc1c(C=C)c2c3cccc(-c4cccc5oc6ccccc6c45)c3n(-c3nc(-c4ccc5ccccc5c4)nc(-c4ccc5ccccc5c4)n3)c2c2ccccc12. The minimum Gasteiger partial charge on any atom is -0.456 e. The summed E-state index contributed by atoms with van der Waals surface area (Å²) in [6.07, 6.45) is 3.91. The van der Waals surface area contributed by atoms with E-state index in [4.69, 9.17) is 19.4 Å². The molecule has 3 heterocycles. The van der Waals surface area contributed by atoms with Gasteiger partial charge in [-0.1, -0.05) is 171 Å². The lowest BCUT2D eigenvalue weighted by atomic mass is 9.92. The summed E-state index contributed by atoms with van der Waals surface area (Å²) in [4.78, 5) is 16.2. The van der Waals surface area contributed by atoms with Crippen LogP contribution in [0.2, 0.25) is 0 Å². The lowest BCUT2D eigenvalue weighted by molar-refractivity contribution is 0.669. The van der Waals surface area contributed by atoms with Crippen LogP contribution in [0.5, 0.6) is 0 Å². The molecule has 12 aromatic rings. The van der Waals surface area contributed by atoms with Crippen LogP contribution in [0, 0.1) is 0 Å². The second kappa shape index (κ2) is 13.2. The zero-order chi connectivity index (χ0) is 39.9. The first-order valence-electron chi connectivity index (χ1n) is 20.1. The Kier molecular flexibility index (Phi) is 7.47. The van der Waals surface area contributed by atoms with Gasteiger partial charge in [-0.25, -0.2) is 4.98 Å². The fourth-order valence-corrected chi connectivity index (χ4v) is 9.30. The van der Waals surface area contributed by atoms with E-state index in [2.05, 4.69) is 169 Å². The zero-order valence-electron chi connectivity index (χ0n) is 32.4. The summed E-state index contributed by atoms with van der Waals surface area (Å²) in [5.74, 6) is 1.68. The average Bonchev–Trinajstić information content (AvgIpc) is 3.87. The summed E-state index contributed by atoms with van der Waals surface area (Å²) >= 11 is 0. The quantitative estimate of drug-likeness (QED) is 0.169. The molecule has 12 rings (SSSR count). The molecule has 5 heteroatoms. The first-order valence-corrected chi connectivity index (χ1v) is 20.1. The molecule has 0 aliphatic rings. The van der Waals surface area contributed by atoms with Crippen molar-refractivity contribution in [2.75, 3.05) is 0 Å². The van der Waals surface area contributed by atoms with Crippen LogP contribution >= 0.6 is 0 Å². The lowest BCUT2D eigenvalue weighted by Gasteiger charge is -2.15. The molecule has 0 spiro atoms. The molecule has 0 aliphatic heterocycles. The standard InChI is InChI=1S/C55H34N4O/c1-3-39-40(4-2)50-46-24-13-23-44(42-22-14-26-48-49(42)45-21-11-12-25-47(45)60-48)51(46)59(52(50)43-20-10-9-19-41(39)43)55-57-53(37-29-27-33-15-5-7-17-35(33)31-37)56-54(58-55)38-30-28-34-16-6-8-18-36(34)32-38/h3-32H,1-2H2. The van der Waals surface area contributed by atoms with E-state index in [0.29, 0.717) is 17.6 Å². The summed E-state index contributed by atoms with van der Waals surface area (Å²) in [6.45, 7) is 8.68. The first-order chi connectivity index (χ1) is 29.7. The Bertz CT molecular complexity index is 3680. The number of nitrogens with zero attached hydrogens (tertiary/aromatic N) is 4. The fourth-order valence-electron chi connectivity index (χ4n) is 9.30. The fraction of sp³-hybridized carbons (Fsp3) is 0. The highest BCUT2D eigenvalue weighted by Crippen LogP contribution is 2.46. The highest BCUT2D eigenvalue weighted by Gasteiger charge is 2.26. The van der Waals surface area contributed by atoms with Crippen LogP contribution in [0.15, 0.2) is 187 Å². The predicted octanol–water partition coefficient (Wildman–Crippen LogP) is 14.6. The van der Waals surface area contributed by atoms with E-state index in [-0.39, 0.29) is 0 Å². The highest BCUT2D eigenvalue weighted by atomic mass is 16.3. The van der Waals surface area contributed by atoms with Crippen molar-refractivity contribution in [2.24, 2.45) is 0 Å². The summed E-state index contributed by atoms with van der Waals surface area (Å²) in [5.41, 5.74) is 9.56. The van der Waals surface area contributed by atoms with Gasteiger partial charge in [0.25, 0.3) is 0 Å². The molecular weight excluding hydrogens is 733 g/mol. The molecule has 60 heavy (non-hydrogen) atoms. The Labute approximate surface area is 344 Å². The molecule has 0 fully saturated rings. The molecule has 3 aromatic heterocycles. The molecule has 0 unspecified atom stereocenters. The Morgan fingerprint density at radius 3 is 1.65 bits per heavy atom. The third-order valence-electron chi connectivity index (χ3n) is 12.0. The second-order valence-electron chi connectivity index (χ2n) is 15.2. The summed E-state index contributed by atoms with van der Waals surface area (Å²) in [6, 6.07) is 59.2. The monoisotopic (exact) mass is 766 g/mol. The minimum atomic E-state index is 0.513. The van der Waals surface area contributed by atoms with E-state index in [0.717, 1.165) is 109 Å². The number of furan rings is 1. The van der Waals surface area contributed by atoms with Crippen molar-refractivity contribution in [3.63, 3.8) is 0 Å². The van der Waals surface area contributed by atoms with Gasteiger partial charge in [0.1, 0.15) is 11.2 Å². The summed E-state index contributed by atoms with van der Waals surface area (Å²) < 4.78 is 8.72. The number of benzene rings is 9. The van der Waals surface area contributed by atoms with Gasteiger partial charge >= 0.3 is 0 Å². The molecule has 280 valence electrons. The van der Waals surface area contributed by atoms with E-state index in [1.165, 1.54) is 0 Å². The van der Waals surface area contributed by atoms with Crippen LogP contribution in [0.4, 0.5) is 0 Å². The number of hydrogen-bond acceptors (Lipinski definition) is 4. The van der Waals surface area contributed by atoms with E-state index >= 15 is 0 Å². The van der Waals surface area contributed by atoms with Crippen LogP contribution in [0.25, 0.3) is 128 Å². The van der Waals surface area contributed by atoms with Crippen molar-refractivity contribution in [3.05, 3.63) is 194 Å². The van der Waals surface area contributed by atoms with Gasteiger partial charge < -0.3 is 4.42 Å². The predicted molar refractivity (Wildman–Crippen MR) is 250 cm³/mol. The smallest absolute Gasteiger partial charge is 0.238 e. The minimum absolute atomic E-state index is 0.513. The normalized spacial score (nSPS) is 11.8. The second-order valence-corrected chi connectivity index (χ2v) is 15.2. The topological polar surface area (TPSA) is 56.7 Å². The van der Waals surface area contributed by atoms with Crippen LogP contribution in [0.3, 0.4) is 0 Å². The van der Waals surface area contributed by atoms with Gasteiger partial charge in [0.05, 0.1) is 11.0 Å². The molecule has 0 saturated carbocycles. The number of fused-ring (bicyclic) bond motifs is 10. The molecule has 0 radical (unpaired) electrons. The van der Waals surface area contributed by atoms with E-state index in [9.17, 15) is 0 Å². The average molecular weight is 767 g/mol. The maximum Gasteiger partial charge on any atom is 0.238 e. The highest BCUT2D eigenvalue weighted by molar-refractivity contribution is 6.26. The van der Waals surface area contributed by atoms with Crippen molar-refractivity contribution in [3.8, 4) is 39.9 Å². The molecule has 0 amide bonds. The van der Waals surface area contributed by atoms with Crippen molar-refractivity contribution in [2.45, 2.75) is 0 Å². The number of rotatable bonds is 6. The molecule has 0 bridgehead atoms. The van der Waals surface area contributed by atoms with Crippen LogP contribution in [-0.4, -0.2) is 19.5 Å². The van der Waals surface area contributed by atoms with Crippen molar-refractivity contribution >= 4 is 88.2 Å². The van der Waals surface area contributed by atoms with Gasteiger partial charge in [0, 0.05) is 43.6 Å². The van der Waals surface area contributed by atoms with Crippen molar-refractivity contribution in [1.29, 1.82) is 0 Å². The van der Waals surface area contributed by atoms with Gasteiger partial charge in [-0.2, -0.15) is 9.97 Å². The Morgan fingerprint density at radius 1 is 0.417 bits per heavy atom. The summed E-state index contributed by atoms with van der Waals surface area (Å²) in [5, 5.41) is 10.9. The van der Waals surface area contributed by atoms with Crippen LogP contribution < -0.4 is 0 Å². The summed E-state index contributed by atoms with van der Waals surface area (Å²) in [7, 11) is 0. The van der Waals surface area contributed by atoms with E-state index < -0.39 is 0 Å². The lowest BCUT2D eigenvalue weighted by Crippen LogP contribution is -2.07. The third-order valence-corrected chi connectivity index (χ3v) is 12.0. The maximum absolute atomic E-state index is 6.45. The van der Waals surface area contributed by atoms with Gasteiger partial charge in [0.15, 0.2) is 11.6 Å². The molecule has 0 aliphatic carbocycles. The molecular formula is C55H34N4O. The van der Waals surface area contributed by atoms with Gasteiger partial charge in [-0.05, 0) is 67.9 Å². The van der Waals surface area contributed by atoms with Crippen LogP contribution in [-0.2, 0) is 0 Å². The van der Waals surface area contributed by atoms with Crippen LogP contribution in [0.1, 0.15) is 11.1 Å². The Morgan fingerprint density at radius 2 is 0.967 bits per heavy atom. The maximum atomic E-state index is 6.45. The van der Waals surface area contributed by atoms with E-state index in [1.54, 1.807) is 0 Å². The molecule has 0 N–H and O–H groups in total. The molecule has 5 nitrogen and oxygen atoms in total. The number of hydrogen-bond donors (Lipinski definition) is 0.